The number of aromatic nitrogens is 2. The number of benzene rings is 1. The van der Waals surface area contributed by atoms with Gasteiger partial charge in [0.25, 0.3) is 0 Å². The van der Waals surface area contributed by atoms with Crippen LogP contribution in [0.5, 0.6) is 0 Å². The van der Waals surface area contributed by atoms with Crippen LogP contribution in [0.4, 0.5) is 0 Å². The highest BCUT2D eigenvalue weighted by molar-refractivity contribution is 5.53. The number of aryl methyl sites for hydroxylation is 1. The van der Waals surface area contributed by atoms with Crippen LogP contribution in [0.2, 0.25) is 0 Å². The zero-order valence-electron chi connectivity index (χ0n) is 11.9. The molecule has 0 fully saturated rings. The number of hydrogen-bond donors (Lipinski definition) is 1. The molecule has 0 aliphatic rings. The van der Waals surface area contributed by atoms with Gasteiger partial charge in [-0.25, -0.2) is 4.52 Å². The Morgan fingerprint density at radius 1 is 1.20 bits per heavy atom. The molecule has 3 aromatic rings. The lowest BCUT2D eigenvalue weighted by atomic mass is 10.1. The number of nitrogens with zero attached hydrogens (tertiary/aromatic N) is 2. The van der Waals surface area contributed by atoms with Gasteiger partial charge >= 0.3 is 0 Å². The lowest BCUT2D eigenvalue weighted by molar-refractivity contribution is 0.576. The van der Waals surface area contributed by atoms with Gasteiger partial charge in [0.05, 0.1) is 11.7 Å². The van der Waals surface area contributed by atoms with Gasteiger partial charge in [-0.15, -0.1) is 0 Å². The molecule has 0 saturated heterocycles. The third-order valence-corrected chi connectivity index (χ3v) is 3.65. The third kappa shape index (κ3) is 2.58. The fourth-order valence-corrected chi connectivity index (χ4v) is 2.44. The van der Waals surface area contributed by atoms with Gasteiger partial charge in [-0.1, -0.05) is 35.9 Å². The largest absolute Gasteiger partial charge is 0.306 e. The summed E-state index contributed by atoms with van der Waals surface area (Å²) >= 11 is 0. The third-order valence-electron chi connectivity index (χ3n) is 3.65. The average molecular weight is 265 g/mol. The second-order valence-corrected chi connectivity index (χ2v) is 5.22. The second kappa shape index (κ2) is 5.47. The Balaban J connectivity index is 1.73. The molecule has 0 aliphatic heterocycles. The summed E-state index contributed by atoms with van der Waals surface area (Å²) in [6.07, 6.45) is 3.91. The van der Waals surface area contributed by atoms with Crippen molar-refractivity contribution in [3.8, 4) is 0 Å². The Bertz CT molecular complexity index is 715. The maximum atomic E-state index is 4.36. The van der Waals surface area contributed by atoms with Crippen molar-refractivity contribution in [1.82, 2.24) is 14.9 Å². The minimum absolute atomic E-state index is 0.327. The SMILES string of the molecule is Cc1cccc([C@@H](C)NCc2cnn3ccccc23)c1. The van der Waals surface area contributed by atoms with Crippen LogP contribution in [0.25, 0.3) is 5.52 Å². The van der Waals surface area contributed by atoms with Crippen molar-refractivity contribution >= 4 is 5.52 Å². The minimum atomic E-state index is 0.327. The van der Waals surface area contributed by atoms with Crippen LogP contribution >= 0.6 is 0 Å². The second-order valence-electron chi connectivity index (χ2n) is 5.22. The van der Waals surface area contributed by atoms with Crippen molar-refractivity contribution in [2.24, 2.45) is 0 Å². The van der Waals surface area contributed by atoms with Gasteiger partial charge in [-0.05, 0) is 31.5 Å². The fraction of sp³-hybridized carbons (Fsp3) is 0.235. The Morgan fingerprint density at radius 3 is 2.95 bits per heavy atom. The number of hydrogen-bond acceptors (Lipinski definition) is 2. The van der Waals surface area contributed by atoms with Crippen LogP contribution in [0, 0.1) is 6.92 Å². The highest BCUT2D eigenvalue weighted by Gasteiger charge is 2.07. The first-order valence-corrected chi connectivity index (χ1v) is 6.95. The molecule has 3 heteroatoms. The molecule has 0 unspecified atom stereocenters. The Morgan fingerprint density at radius 2 is 2.10 bits per heavy atom. The van der Waals surface area contributed by atoms with Gasteiger partial charge in [0, 0.05) is 24.3 Å². The Labute approximate surface area is 119 Å². The molecular formula is C17H19N3. The van der Waals surface area contributed by atoms with E-state index in [2.05, 4.69) is 54.6 Å². The number of rotatable bonds is 4. The van der Waals surface area contributed by atoms with Crippen molar-refractivity contribution in [3.63, 3.8) is 0 Å². The van der Waals surface area contributed by atoms with Gasteiger partial charge in [0.2, 0.25) is 0 Å². The van der Waals surface area contributed by atoms with E-state index in [9.17, 15) is 0 Å². The van der Waals surface area contributed by atoms with E-state index in [1.165, 1.54) is 16.7 Å². The average Bonchev–Trinajstić information content (AvgIpc) is 2.88. The van der Waals surface area contributed by atoms with Gasteiger partial charge < -0.3 is 5.32 Å². The molecule has 1 aromatic carbocycles. The summed E-state index contributed by atoms with van der Waals surface area (Å²) in [4.78, 5) is 0. The monoisotopic (exact) mass is 265 g/mol. The summed E-state index contributed by atoms with van der Waals surface area (Å²) in [5.74, 6) is 0. The molecule has 2 heterocycles. The summed E-state index contributed by atoms with van der Waals surface area (Å²) < 4.78 is 1.91. The van der Waals surface area contributed by atoms with E-state index in [1.807, 2.05) is 29.0 Å². The van der Waals surface area contributed by atoms with Gasteiger partial charge in [0.1, 0.15) is 0 Å². The zero-order chi connectivity index (χ0) is 13.9. The van der Waals surface area contributed by atoms with Crippen molar-refractivity contribution in [2.45, 2.75) is 26.4 Å². The summed E-state index contributed by atoms with van der Waals surface area (Å²) in [6, 6.07) is 15.1. The van der Waals surface area contributed by atoms with Crippen LogP contribution < -0.4 is 5.32 Å². The highest BCUT2D eigenvalue weighted by Crippen LogP contribution is 2.16. The first-order valence-electron chi connectivity index (χ1n) is 6.95. The normalized spacial score (nSPS) is 12.7. The number of fused-ring (bicyclic) bond motifs is 1. The molecule has 0 radical (unpaired) electrons. The van der Waals surface area contributed by atoms with Crippen LogP contribution in [0.15, 0.2) is 54.9 Å². The first-order chi connectivity index (χ1) is 9.74. The van der Waals surface area contributed by atoms with E-state index >= 15 is 0 Å². The van der Waals surface area contributed by atoms with E-state index < -0.39 is 0 Å². The molecule has 20 heavy (non-hydrogen) atoms. The van der Waals surface area contributed by atoms with Gasteiger partial charge in [-0.2, -0.15) is 5.10 Å². The molecule has 3 rings (SSSR count). The van der Waals surface area contributed by atoms with Crippen LogP contribution in [0.1, 0.15) is 29.7 Å². The maximum absolute atomic E-state index is 4.36. The molecule has 102 valence electrons. The van der Waals surface area contributed by atoms with Crippen molar-refractivity contribution < 1.29 is 0 Å². The Kier molecular flexibility index (Phi) is 3.52. The molecular weight excluding hydrogens is 246 g/mol. The predicted octanol–water partition coefficient (Wildman–Crippen LogP) is 3.49. The smallest absolute Gasteiger partial charge is 0.0706 e. The summed E-state index contributed by atoms with van der Waals surface area (Å²) in [5.41, 5.74) is 5.01. The van der Waals surface area contributed by atoms with Crippen molar-refractivity contribution in [3.05, 3.63) is 71.5 Å². The molecule has 0 saturated carbocycles. The van der Waals surface area contributed by atoms with Crippen LogP contribution in [0.3, 0.4) is 0 Å². The quantitative estimate of drug-likeness (QED) is 0.782. The summed E-state index contributed by atoms with van der Waals surface area (Å²) in [6.45, 7) is 5.14. The van der Waals surface area contributed by atoms with Gasteiger partial charge in [-0.3, -0.25) is 0 Å². The van der Waals surface area contributed by atoms with Crippen molar-refractivity contribution in [1.29, 1.82) is 0 Å². The van der Waals surface area contributed by atoms with Crippen LogP contribution in [-0.4, -0.2) is 9.61 Å². The molecule has 1 N–H and O–H groups in total. The fourth-order valence-electron chi connectivity index (χ4n) is 2.44. The molecule has 0 spiro atoms. The maximum Gasteiger partial charge on any atom is 0.0706 e. The first kappa shape index (κ1) is 12.9. The lowest BCUT2D eigenvalue weighted by Crippen LogP contribution is -2.18. The molecule has 3 nitrogen and oxygen atoms in total. The standard InChI is InChI=1S/C17H19N3/c1-13-6-5-7-15(10-13)14(2)18-11-16-12-19-20-9-4-3-8-17(16)20/h3-10,12,14,18H,11H2,1-2H3/t14-/m1/s1. The molecule has 2 aromatic heterocycles. The molecule has 0 amide bonds. The Hall–Kier alpha value is -2.13. The molecule has 0 aliphatic carbocycles. The van der Waals surface area contributed by atoms with E-state index in [0.717, 1.165) is 12.1 Å². The zero-order valence-corrected chi connectivity index (χ0v) is 11.9. The van der Waals surface area contributed by atoms with E-state index in [-0.39, 0.29) is 0 Å². The topological polar surface area (TPSA) is 29.3 Å². The van der Waals surface area contributed by atoms with Gasteiger partial charge in [0.15, 0.2) is 0 Å². The lowest BCUT2D eigenvalue weighted by Gasteiger charge is -2.14. The van der Waals surface area contributed by atoms with Crippen LogP contribution in [-0.2, 0) is 6.54 Å². The summed E-state index contributed by atoms with van der Waals surface area (Å²) in [5, 5.41) is 7.93. The minimum Gasteiger partial charge on any atom is -0.306 e. The summed E-state index contributed by atoms with van der Waals surface area (Å²) in [7, 11) is 0. The molecule has 1 atom stereocenters. The predicted molar refractivity (Wildman–Crippen MR) is 81.6 cm³/mol. The number of pyridine rings is 1. The van der Waals surface area contributed by atoms with E-state index in [4.69, 9.17) is 0 Å². The van der Waals surface area contributed by atoms with Crippen molar-refractivity contribution in [2.75, 3.05) is 0 Å². The number of nitrogens with one attached hydrogen (secondary N) is 1. The molecule has 0 bridgehead atoms. The highest BCUT2D eigenvalue weighted by atomic mass is 15.2. The van der Waals surface area contributed by atoms with E-state index in [0.29, 0.717) is 6.04 Å². The van der Waals surface area contributed by atoms with E-state index in [1.54, 1.807) is 0 Å².